The van der Waals surface area contributed by atoms with Gasteiger partial charge in [-0.2, -0.15) is 0 Å². The number of hydrogen-bond acceptors (Lipinski definition) is 6. The summed E-state index contributed by atoms with van der Waals surface area (Å²) in [7, 11) is 3.01. The third-order valence-corrected chi connectivity index (χ3v) is 5.26. The van der Waals surface area contributed by atoms with Crippen molar-refractivity contribution in [1.82, 2.24) is 0 Å². The molecule has 0 unspecified atom stereocenters. The van der Waals surface area contributed by atoms with Crippen LogP contribution < -0.4 is 19.1 Å². The maximum absolute atomic E-state index is 12.9. The Labute approximate surface area is 186 Å². The van der Waals surface area contributed by atoms with Crippen molar-refractivity contribution in [2.45, 2.75) is 6.42 Å². The summed E-state index contributed by atoms with van der Waals surface area (Å²) in [5.74, 6) is -0.142. The zero-order chi connectivity index (χ0) is 21.8. The number of aliphatic imine (C=N–C) groups is 1. The first-order valence-electron chi connectivity index (χ1n) is 8.65. The molecule has 0 aliphatic carbocycles. The van der Waals surface area contributed by atoms with Crippen molar-refractivity contribution >= 4 is 56.5 Å². The topological polar surface area (TPSA) is 97.7 Å². The van der Waals surface area contributed by atoms with Gasteiger partial charge in [0, 0.05) is 10.9 Å². The van der Waals surface area contributed by atoms with E-state index in [1.807, 2.05) is 0 Å². The van der Waals surface area contributed by atoms with Gasteiger partial charge < -0.3 is 19.3 Å². The van der Waals surface area contributed by atoms with Gasteiger partial charge in [-0.15, -0.1) is 0 Å². The van der Waals surface area contributed by atoms with E-state index in [0.29, 0.717) is 27.2 Å². The van der Waals surface area contributed by atoms with Gasteiger partial charge in [-0.3, -0.25) is 9.69 Å². The normalized spacial score (nSPS) is 13.3. The Morgan fingerprint density at radius 1 is 1.17 bits per heavy atom. The van der Waals surface area contributed by atoms with Crippen LogP contribution in [0.2, 0.25) is 0 Å². The van der Waals surface area contributed by atoms with Crippen molar-refractivity contribution in [2.75, 3.05) is 25.7 Å². The lowest BCUT2D eigenvalue weighted by Crippen LogP contribution is -2.33. The first-order chi connectivity index (χ1) is 14.3. The van der Waals surface area contributed by atoms with Crippen LogP contribution in [0.15, 0.2) is 45.9 Å². The number of methoxy groups -OCH3 is 2. The molecule has 2 aromatic carbocycles. The van der Waals surface area contributed by atoms with E-state index in [-0.39, 0.29) is 28.9 Å². The predicted octanol–water partition coefficient (Wildman–Crippen LogP) is 3.24. The molecule has 0 atom stereocenters. The highest BCUT2D eigenvalue weighted by Crippen LogP contribution is 2.34. The van der Waals surface area contributed by atoms with E-state index in [9.17, 15) is 9.59 Å². The highest BCUT2D eigenvalue weighted by Gasteiger charge is 2.32. The first kappa shape index (κ1) is 21.7. The number of anilines is 1. The predicted molar refractivity (Wildman–Crippen MR) is 118 cm³/mol. The second kappa shape index (κ2) is 9.23. The van der Waals surface area contributed by atoms with Crippen molar-refractivity contribution < 1.29 is 28.9 Å². The fraction of sp³-hybridized carbons (Fsp3) is 0.200. The van der Waals surface area contributed by atoms with Crippen LogP contribution in [0.3, 0.4) is 0 Å². The summed E-state index contributed by atoms with van der Waals surface area (Å²) < 4.78 is 16.3. The van der Waals surface area contributed by atoms with Crippen molar-refractivity contribution in [3.05, 3.63) is 46.4 Å². The van der Waals surface area contributed by atoms with Crippen LogP contribution in [-0.2, 0) is 16.0 Å². The molecule has 1 N–H and O–H groups in total. The number of aliphatic carboxylic acids is 1. The summed E-state index contributed by atoms with van der Waals surface area (Å²) in [4.78, 5) is 29.3. The van der Waals surface area contributed by atoms with Crippen LogP contribution in [0.1, 0.15) is 5.56 Å². The van der Waals surface area contributed by atoms with Crippen molar-refractivity contribution in [3.63, 3.8) is 0 Å². The summed E-state index contributed by atoms with van der Waals surface area (Å²) in [6, 6.07) is 10.2. The fourth-order valence-corrected chi connectivity index (χ4v) is 3.57. The lowest BCUT2D eigenvalue weighted by Gasteiger charge is -2.16. The Morgan fingerprint density at radius 3 is 2.47 bits per heavy atom. The molecule has 30 heavy (non-hydrogen) atoms. The number of ether oxygens (including phenoxy) is 3. The molecular formula is C20H17BrN2O6S. The lowest BCUT2D eigenvalue weighted by molar-refractivity contribution is -0.139. The number of amides is 1. The second-order valence-electron chi connectivity index (χ2n) is 6.13. The quantitative estimate of drug-likeness (QED) is 0.564. The maximum atomic E-state index is 12.9. The van der Waals surface area contributed by atoms with Gasteiger partial charge in [-0.25, -0.2) is 9.79 Å². The van der Waals surface area contributed by atoms with Crippen LogP contribution in [0.4, 0.5) is 5.69 Å². The van der Waals surface area contributed by atoms with E-state index in [2.05, 4.69) is 20.9 Å². The summed E-state index contributed by atoms with van der Waals surface area (Å²) >= 11 is 8.72. The third-order valence-electron chi connectivity index (χ3n) is 4.24. The molecule has 0 aromatic heterocycles. The molecule has 2 aromatic rings. The van der Waals surface area contributed by atoms with E-state index in [0.717, 1.165) is 0 Å². The van der Waals surface area contributed by atoms with Gasteiger partial charge >= 0.3 is 5.97 Å². The van der Waals surface area contributed by atoms with Gasteiger partial charge in [0.1, 0.15) is 11.5 Å². The van der Waals surface area contributed by atoms with Gasteiger partial charge in [0.25, 0.3) is 5.91 Å². The molecular weight excluding hydrogens is 476 g/mol. The highest BCUT2D eigenvalue weighted by molar-refractivity contribution is 9.10. The SMILES string of the molecule is COc1ccc(N2C(=O)C(Cc3cc(OC)c(OCC(=O)O)cc3Br)=NC2=S)cc1. The monoisotopic (exact) mass is 492 g/mol. The van der Waals surface area contributed by atoms with Gasteiger partial charge in [-0.05, 0) is 54.2 Å². The molecule has 1 heterocycles. The molecule has 0 fully saturated rings. The average Bonchev–Trinajstić information content (AvgIpc) is 3.01. The minimum Gasteiger partial charge on any atom is -0.497 e. The summed E-state index contributed by atoms with van der Waals surface area (Å²) in [5, 5.41) is 8.96. The Kier molecular flexibility index (Phi) is 6.68. The molecule has 156 valence electrons. The number of thiocarbonyl (C=S) groups is 1. The molecule has 0 radical (unpaired) electrons. The van der Waals surface area contributed by atoms with E-state index < -0.39 is 12.6 Å². The molecule has 0 spiro atoms. The van der Waals surface area contributed by atoms with E-state index in [1.54, 1.807) is 43.5 Å². The van der Waals surface area contributed by atoms with Crippen LogP contribution in [0.5, 0.6) is 17.2 Å². The summed E-state index contributed by atoms with van der Waals surface area (Å²) in [6.07, 6.45) is 0.196. The lowest BCUT2D eigenvalue weighted by atomic mass is 10.1. The number of nitrogens with zero attached hydrogens (tertiary/aromatic N) is 2. The molecule has 10 heteroatoms. The van der Waals surface area contributed by atoms with E-state index in [4.69, 9.17) is 31.5 Å². The standard InChI is InChI=1S/C20H17BrN2O6S/c1-27-13-5-3-12(4-6-13)23-19(26)15(22-20(23)30)7-11-8-16(28-2)17(9-14(11)21)29-10-18(24)25/h3-6,8-9H,7,10H2,1-2H3,(H,24,25). The smallest absolute Gasteiger partial charge is 0.341 e. The highest BCUT2D eigenvalue weighted by atomic mass is 79.9. The number of halogens is 1. The largest absolute Gasteiger partial charge is 0.497 e. The molecule has 3 rings (SSSR count). The number of benzene rings is 2. The molecule has 1 amide bonds. The number of carbonyl (C=O) groups is 2. The zero-order valence-corrected chi connectivity index (χ0v) is 18.4. The molecule has 1 aliphatic heterocycles. The number of carboxylic acid groups (broad SMARTS) is 1. The summed E-state index contributed by atoms with van der Waals surface area (Å²) in [5.41, 5.74) is 1.58. The van der Waals surface area contributed by atoms with Gasteiger partial charge in [-0.1, -0.05) is 15.9 Å². The van der Waals surface area contributed by atoms with E-state index >= 15 is 0 Å². The van der Waals surface area contributed by atoms with Gasteiger partial charge in [0.15, 0.2) is 18.1 Å². The van der Waals surface area contributed by atoms with Gasteiger partial charge in [0.2, 0.25) is 5.11 Å². The second-order valence-corrected chi connectivity index (χ2v) is 7.35. The average molecular weight is 493 g/mol. The maximum Gasteiger partial charge on any atom is 0.341 e. The van der Waals surface area contributed by atoms with Crippen molar-refractivity contribution in [2.24, 2.45) is 4.99 Å². The minimum absolute atomic E-state index is 0.157. The Morgan fingerprint density at radius 2 is 1.87 bits per heavy atom. The van der Waals surface area contributed by atoms with Gasteiger partial charge in [0.05, 0.1) is 19.9 Å². The van der Waals surface area contributed by atoms with Crippen molar-refractivity contribution in [3.8, 4) is 17.2 Å². The Bertz CT molecular complexity index is 1040. The zero-order valence-electron chi connectivity index (χ0n) is 16.0. The van der Waals surface area contributed by atoms with Crippen LogP contribution in [-0.4, -0.2) is 48.6 Å². The molecule has 1 aliphatic rings. The molecule has 0 saturated carbocycles. The number of carboxylic acids is 1. The molecule has 0 saturated heterocycles. The molecule has 8 nitrogen and oxygen atoms in total. The molecule has 0 bridgehead atoms. The first-order valence-corrected chi connectivity index (χ1v) is 9.85. The number of carbonyl (C=O) groups excluding carboxylic acids is 1. The minimum atomic E-state index is -1.10. The van der Waals surface area contributed by atoms with Crippen molar-refractivity contribution in [1.29, 1.82) is 0 Å². The number of rotatable bonds is 8. The van der Waals surface area contributed by atoms with Crippen LogP contribution >= 0.6 is 28.1 Å². The van der Waals surface area contributed by atoms with E-state index in [1.165, 1.54) is 12.0 Å². The Hall–Kier alpha value is -2.98. The van der Waals surface area contributed by atoms with Crippen LogP contribution in [0.25, 0.3) is 0 Å². The number of hydrogen-bond donors (Lipinski definition) is 1. The third kappa shape index (κ3) is 4.60. The Balaban J connectivity index is 1.82. The fourth-order valence-electron chi connectivity index (χ4n) is 2.81. The summed E-state index contributed by atoms with van der Waals surface area (Å²) in [6.45, 7) is -0.502. The van der Waals surface area contributed by atoms with Crippen LogP contribution in [0, 0.1) is 0 Å².